The molecule has 0 aliphatic rings. The Morgan fingerprint density at radius 1 is 0.905 bits per heavy atom. The lowest BCUT2D eigenvalue weighted by Gasteiger charge is -2.09. The van der Waals surface area contributed by atoms with Crippen molar-refractivity contribution in [1.82, 2.24) is 0 Å². The summed E-state index contributed by atoms with van der Waals surface area (Å²) in [6, 6.07) is 0. The molecule has 0 saturated heterocycles. The van der Waals surface area contributed by atoms with Crippen LogP contribution >= 0.6 is 0 Å². The monoisotopic (exact) mass is 300 g/mol. The van der Waals surface area contributed by atoms with Gasteiger partial charge in [-0.3, -0.25) is 9.59 Å². The van der Waals surface area contributed by atoms with Crippen molar-refractivity contribution < 1.29 is 19.1 Å². The van der Waals surface area contributed by atoms with Gasteiger partial charge in [0, 0.05) is 12.8 Å². The number of rotatable bonds is 12. The summed E-state index contributed by atoms with van der Waals surface area (Å²) in [5.41, 5.74) is 0. The number of esters is 2. The molecule has 0 radical (unpaired) electrons. The van der Waals surface area contributed by atoms with Crippen molar-refractivity contribution in [3.63, 3.8) is 0 Å². The molecule has 21 heavy (non-hydrogen) atoms. The van der Waals surface area contributed by atoms with Gasteiger partial charge in [0.25, 0.3) is 0 Å². The van der Waals surface area contributed by atoms with Crippen LogP contribution in [0.5, 0.6) is 0 Å². The lowest BCUT2D eigenvalue weighted by Crippen LogP contribution is -2.11. The van der Waals surface area contributed by atoms with E-state index in [4.69, 9.17) is 9.47 Å². The molecule has 4 heteroatoms. The molecule has 0 saturated carbocycles. The molecule has 0 N–H and O–H groups in total. The van der Waals surface area contributed by atoms with Gasteiger partial charge in [0.05, 0.1) is 13.2 Å². The molecule has 1 atom stereocenters. The standard InChI is InChI=1S/C17H32O4/c1-5-15(4)13-21-17(19)11-7-6-10-16(18)20-12-8-9-14(2)3/h14-15H,5-13H2,1-4H3. The van der Waals surface area contributed by atoms with Crippen LogP contribution in [-0.2, 0) is 19.1 Å². The lowest BCUT2D eigenvalue weighted by molar-refractivity contribution is -0.146. The summed E-state index contributed by atoms with van der Waals surface area (Å²) in [5.74, 6) is 0.729. The topological polar surface area (TPSA) is 52.6 Å². The minimum Gasteiger partial charge on any atom is -0.466 e. The zero-order chi connectivity index (χ0) is 16.1. The molecule has 0 bridgehead atoms. The Labute approximate surface area is 129 Å². The van der Waals surface area contributed by atoms with E-state index in [0.29, 0.717) is 50.7 Å². The molecule has 0 rings (SSSR count). The first-order valence-corrected chi connectivity index (χ1v) is 8.26. The van der Waals surface area contributed by atoms with Crippen molar-refractivity contribution in [2.75, 3.05) is 13.2 Å². The molecule has 4 nitrogen and oxygen atoms in total. The first kappa shape index (κ1) is 19.9. The maximum absolute atomic E-state index is 11.4. The van der Waals surface area contributed by atoms with Crippen molar-refractivity contribution >= 4 is 11.9 Å². The second-order valence-electron chi connectivity index (χ2n) is 6.16. The number of unbranched alkanes of at least 4 members (excludes halogenated alkanes) is 1. The molecular weight excluding hydrogens is 268 g/mol. The van der Waals surface area contributed by atoms with Gasteiger partial charge in [-0.25, -0.2) is 0 Å². The highest BCUT2D eigenvalue weighted by Crippen LogP contribution is 2.07. The summed E-state index contributed by atoms with van der Waals surface area (Å²) in [6.07, 6.45) is 5.15. The van der Waals surface area contributed by atoms with Crippen LogP contribution < -0.4 is 0 Å². The zero-order valence-corrected chi connectivity index (χ0v) is 14.2. The Kier molecular flexibility index (Phi) is 12.0. The van der Waals surface area contributed by atoms with Crippen molar-refractivity contribution in [1.29, 1.82) is 0 Å². The van der Waals surface area contributed by atoms with Crippen molar-refractivity contribution in [3.8, 4) is 0 Å². The van der Waals surface area contributed by atoms with Crippen LogP contribution in [0.2, 0.25) is 0 Å². The summed E-state index contributed by atoms with van der Waals surface area (Å²) in [4.78, 5) is 22.9. The first-order valence-electron chi connectivity index (χ1n) is 8.26. The highest BCUT2D eigenvalue weighted by Gasteiger charge is 2.07. The summed E-state index contributed by atoms with van der Waals surface area (Å²) < 4.78 is 10.3. The first-order chi connectivity index (χ1) is 9.95. The molecule has 0 heterocycles. The zero-order valence-electron chi connectivity index (χ0n) is 14.2. The highest BCUT2D eigenvalue weighted by molar-refractivity contribution is 5.70. The Morgan fingerprint density at radius 3 is 2.00 bits per heavy atom. The van der Waals surface area contributed by atoms with Gasteiger partial charge in [-0.1, -0.05) is 34.1 Å². The second kappa shape index (κ2) is 12.7. The Morgan fingerprint density at radius 2 is 1.48 bits per heavy atom. The lowest BCUT2D eigenvalue weighted by atomic mass is 10.1. The highest BCUT2D eigenvalue weighted by atomic mass is 16.5. The van der Waals surface area contributed by atoms with Gasteiger partial charge in [0.1, 0.15) is 0 Å². The number of ether oxygens (including phenoxy) is 2. The summed E-state index contributed by atoms with van der Waals surface area (Å²) >= 11 is 0. The van der Waals surface area contributed by atoms with E-state index in [1.165, 1.54) is 0 Å². The van der Waals surface area contributed by atoms with E-state index in [1.807, 2.05) is 0 Å². The van der Waals surface area contributed by atoms with Crippen LogP contribution in [0.3, 0.4) is 0 Å². The SMILES string of the molecule is CCC(C)COC(=O)CCCCC(=O)OCCCC(C)C. The van der Waals surface area contributed by atoms with Crippen LogP contribution in [0, 0.1) is 11.8 Å². The summed E-state index contributed by atoms with van der Waals surface area (Å²) in [6.45, 7) is 9.44. The van der Waals surface area contributed by atoms with Crippen LogP contribution in [0.4, 0.5) is 0 Å². The van der Waals surface area contributed by atoms with Gasteiger partial charge in [-0.05, 0) is 37.5 Å². The van der Waals surface area contributed by atoms with E-state index in [0.717, 1.165) is 19.3 Å². The molecule has 0 spiro atoms. The fraction of sp³-hybridized carbons (Fsp3) is 0.882. The molecule has 0 aromatic heterocycles. The van der Waals surface area contributed by atoms with Gasteiger partial charge >= 0.3 is 11.9 Å². The van der Waals surface area contributed by atoms with Crippen molar-refractivity contribution in [3.05, 3.63) is 0 Å². The Bertz CT molecular complexity index is 287. The van der Waals surface area contributed by atoms with E-state index in [9.17, 15) is 9.59 Å². The number of hydrogen-bond donors (Lipinski definition) is 0. The van der Waals surface area contributed by atoms with Gasteiger partial charge in [0.15, 0.2) is 0 Å². The second-order valence-corrected chi connectivity index (χ2v) is 6.16. The average molecular weight is 300 g/mol. The van der Waals surface area contributed by atoms with Gasteiger partial charge < -0.3 is 9.47 Å². The molecule has 1 unspecified atom stereocenters. The minimum absolute atomic E-state index is 0.160. The number of carbonyl (C=O) groups is 2. The van der Waals surface area contributed by atoms with Gasteiger partial charge in [-0.2, -0.15) is 0 Å². The molecule has 0 aromatic rings. The van der Waals surface area contributed by atoms with E-state index in [-0.39, 0.29) is 11.9 Å². The van der Waals surface area contributed by atoms with E-state index in [2.05, 4.69) is 27.7 Å². The summed E-state index contributed by atoms with van der Waals surface area (Å²) in [7, 11) is 0. The Balaban J connectivity index is 3.44. The maximum Gasteiger partial charge on any atom is 0.305 e. The molecular formula is C17H32O4. The fourth-order valence-corrected chi connectivity index (χ4v) is 1.71. The normalized spacial score (nSPS) is 12.2. The van der Waals surface area contributed by atoms with Gasteiger partial charge in [-0.15, -0.1) is 0 Å². The number of hydrogen-bond acceptors (Lipinski definition) is 4. The third-order valence-corrected chi connectivity index (χ3v) is 3.43. The van der Waals surface area contributed by atoms with Gasteiger partial charge in [0.2, 0.25) is 0 Å². The van der Waals surface area contributed by atoms with E-state index in [1.54, 1.807) is 0 Å². The molecule has 124 valence electrons. The van der Waals surface area contributed by atoms with E-state index >= 15 is 0 Å². The smallest absolute Gasteiger partial charge is 0.305 e. The third-order valence-electron chi connectivity index (χ3n) is 3.43. The third kappa shape index (κ3) is 13.7. The predicted molar refractivity (Wildman–Crippen MR) is 83.9 cm³/mol. The quantitative estimate of drug-likeness (QED) is 0.402. The molecule has 0 aliphatic heterocycles. The molecule has 0 aliphatic carbocycles. The van der Waals surface area contributed by atoms with Crippen LogP contribution in [0.1, 0.15) is 72.6 Å². The summed E-state index contributed by atoms with van der Waals surface area (Å²) in [5, 5.41) is 0. The van der Waals surface area contributed by atoms with Crippen LogP contribution in [0.15, 0.2) is 0 Å². The maximum atomic E-state index is 11.4. The van der Waals surface area contributed by atoms with Crippen molar-refractivity contribution in [2.45, 2.75) is 72.6 Å². The van der Waals surface area contributed by atoms with Crippen LogP contribution in [-0.4, -0.2) is 25.2 Å². The fourth-order valence-electron chi connectivity index (χ4n) is 1.71. The molecule has 0 fully saturated rings. The van der Waals surface area contributed by atoms with E-state index < -0.39 is 0 Å². The molecule has 0 amide bonds. The number of carbonyl (C=O) groups excluding carboxylic acids is 2. The average Bonchev–Trinajstić information content (AvgIpc) is 2.45. The largest absolute Gasteiger partial charge is 0.466 e. The van der Waals surface area contributed by atoms with Crippen molar-refractivity contribution in [2.24, 2.45) is 11.8 Å². The van der Waals surface area contributed by atoms with Crippen LogP contribution in [0.25, 0.3) is 0 Å². The molecule has 0 aromatic carbocycles. The predicted octanol–water partition coefficient (Wildman–Crippen LogP) is 4.12. The minimum atomic E-state index is -0.166. The Hall–Kier alpha value is -1.06.